The second-order valence-corrected chi connectivity index (χ2v) is 8.40. The lowest BCUT2D eigenvalue weighted by Gasteiger charge is -2.14. The molecule has 6 nitrogen and oxygen atoms in total. The van der Waals surface area contributed by atoms with Crippen molar-refractivity contribution in [2.75, 3.05) is 13.2 Å². The van der Waals surface area contributed by atoms with Crippen LogP contribution in [0, 0.1) is 18.3 Å². The molecule has 0 aliphatic heterocycles. The molecule has 0 fully saturated rings. The molecule has 3 aromatic carbocycles. The Morgan fingerprint density at radius 3 is 2.23 bits per heavy atom. The molecular weight excluding hydrogens is 402 g/mol. The van der Waals surface area contributed by atoms with Crippen LogP contribution < -0.4 is 4.74 Å². The van der Waals surface area contributed by atoms with E-state index in [2.05, 4.69) is 10.8 Å². The molecule has 0 aromatic heterocycles. The molecule has 0 aliphatic carbocycles. The fourth-order valence-corrected chi connectivity index (χ4v) is 4.27. The predicted octanol–water partition coefficient (Wildman–Crippen LogP) is 3.92. The molecule has 152 valence electrons. The quantitative estimate of drug-likeness (QED) is 0.404. The normalized spacial score (nSPS) is 10.8. The fourth-order valence-electron chi connectivity index (χ4n) is 2.85. The first-order valence-electron chi connectivity index (χ1n) is 9.10. The van der Waals surface area contributed by atoms with Crippen molar-refractivity contribution in [3.05, 3.63) is 77.9 Å². The zero-order valence-corrected chi connectivity index (χ0v) is 17.1. The summed E-state index contributed by atoms with van der Waals surface area (Å²) in [5.74, 6) is 0.169. The van der Waals surface area contributed by atoms with Gasteiger partial charge in [-0.2, -0.15) is 5.26 Å². The highest BCUT2D eigenvalue weighted by atomic mass is 32.2. The van der Waals surface area contributed by atoms with Crippen LogP contribution in [0.2, 0.25) is 0 Å². The first kappa shape index (κ1) is 21.1. The van der Waals surface area contributed by atoms with Crippen LogP contribution in [-0.2, 0) is 19.4 Å². The molecule has 0 saturated heterocycles. The Morgan fingerprint density at radius 1 is 0.933 bits per heavy atom. The van der Waals surface area contributed by atoms with Gasteiger partial charge in [-0.1, -0.05) is 35.9 Å². The van der Waals surface area contributed by atoms with Crippen LogP contribution in [0.3, 0.4) is 0 Å². The molecule has 0 heterocycles. The van der Waals surface area contributed by atoms with Crippen LogP contribution in [0.1, 0.15) is 11.1 Å². The maximum absolute atomic E-state index is 13.3. The molecule has 0 radical (unpaired) electrons. The summed E-state index contributed by atoms with van der Waals surface area (Å²) >= 11 is 0. The number of carbonyl (C=O) groups is 1. The van der Waals surface area contributed by atoms with Crippen LogP contribution in [0.4, 0.5) is 0 Å². The minimum absolute atomic E-state index is 0.00485. The van der Waals surface area contributed by atoms with Gasteiger partial charge in [-0.15, -0.1) is 0 Å². The Balaban J connectivity index is 2.06. The highest BCUT2D eigenvalue weighted by Crippen LogP contribution is 2.34. The molecule has 0 bridgehead atoms. The van der Waals surface area contributed by atoms with Crippen molar-refractivity contribution in [3.63, 3.8) is 0 Å². The Bertz CT molecular complexity index is 1180. The average Bonchev–Trinajstić information content (AvgIpc) is 2.77. The van der Waals surface area contributed by atoms with Gasteiger partial charge >= 0.3 is 0 Å². The lowest BCUT2D eigenvalue weighted by Crippen LogP contribution is -2.10. The van der Waals surface area contributed by atoms with Crippen molar-refractivity contribution in [3.8, 4) is 22.9 Å². The summed E-state index contributed by atoms with van der Waals surface area (Å²) in [6, 6.07) is 20.4. The van der Waals surface area contributed by atoms with E-state index in [0.29, 0.717) is 17.6 Å². The Hall–Kier alpha value is -3.63. The van der Waals surface area contributed by atoms with Crippen molar-refractivity contribution >= 4 is 16.3 Å². The second-order valence-electron chi connectivity index (χ2n) is 6.48. The molecule has 0 N–H and O–H groups in total. The highest BCUT2D eigenvalue weighted by molar-refractivity contribution is 7.91. The number of rotatable bonds is 8. The van der Waals surface area contributed by atoms with Crippen molar-refractivity contribution in [1.29, 1.82) is 5.26 Å². The number of nitriles is 1. The summed E-state index contributed by atoms with van der Waals surface area (Å²) in [6.45, 7) is 2.21. The van der Waals surface area contributed by atoms with Crippen LogP contribution in [0.15, 0.2) is 76.5 Å². The maximum atomic E-state index is 13.3. The van der Waals surface area contributed by atoms with Gasteiger partial charge in [0.25, 0.3) is 6.47 Å². The molecule has 30 heavy (non-hydrogen) atoms. The van der Waals surface area contributed by atoms with E-state index in [4.69, 9.17) is 10.00 Å². The number of ether oxygens (including phenoxy) is 2. The minimum atomic E-state index is -3.86. The van der Waals surface area contributed by atoms with Gasteiger partial charge in [-0.3, -0.25) is 4.79 Å². The van der Waals surface area contributed by atoms with Gasteiger partial charge < -0.3 is 9.47 Å². The third kappa shape index (κ3) is 4.67. The van der Waals surface area contributed by atoms with Gasteiger partial charge in [-0.05, 0) is 54.4 Å². The zero-order valence-electron chi connectivity index (χ0n) is 16.2. The number of sulfone groups is 1. The average molecular weight is 421 g/mol. The van der Waals surface area contributed by atoms with Gasteiger partial charge in [0.05, 0.1) is 16.5 Å². The van der Waals surface area contributed by atoms with Gasteiger partial charge in [0.1, 0.15) is 23.9 Å². The van der Waals surface area contributed by atoms with Crippen LogP contribution in [0.5, 0.6) is 5.75 Å². The van der Waals surface area contributed by atoms with E-state index in [1.54, 1.807) is 66.7 Å². The number of nitrogens with zero attached hydrogens (tertiary/aromatic N) is 1. The summed E-state index contributed by atoms with van der Waals surface area (Å²) in [7, 11) is -3.86. The summed E-state index contributed by atoms with van der Waals surface area (Å²) in [5.41, 5.74) is 2.90. The third-order valence-electron chi connectivity index (χ3n) is 4.44. The third-order valence-corrected chi connectivity index (χ3v) is 6.23. The Labute approximate surface area is 175 Å². The van der Waals surface area contributed by atoms with E-state index >= 15 is 0 Å². The molecule has 0 aliphatic rings. The molecule has 3 aromatic rings. The number of benzene rings is 3. The van der Waals surface area contributed by atoms with E-state index in [0.717, 1.165) is 11.1 Å². The van der Waals surface area contributed by atoms with E-state index < -0.39 is 9.84 Å². The minimum Gasteiger partial charge on any atom is -0.489 e. The van der Waals surface area contributed by atoms with Gasteiger partial charge in [0.15, 0.2) is 0 Å². The van der Waals surface area contributed by atoms with Crippen LogP contribution in [-0.4, -0.2) is 28.1 Å². The van der Waals surface area contributed by atoms with Gasteiger partial charge in [0, 0.05) is 0 Å². The molecule has 3 rings (SSSR count). The fraction of sp³-hybridized carbons (Fsp3) is 0.130. The van der Waals surface area contributed by atoms with Crippen LogP contribution >= 0.6 is 0 Å². The standard InChI is InChI=1S/C23H19NO5S/c1-17-2-9-21(10-3-17)30(26,27)23-14-20(19-6-4-18(15-24)5-7-19)8-11-22(23)29-13-12-28-16-25/h2-11,14,16H,12-13H2,1H3. The highest BCUT2D eigenvalue weighted by Gasteiger charge is 2.23. The lowest BCUT2D eigenvalue weighted by molar-refractivity contribution is -0.129. The SMILES string of the molecule is Cc1ccc(S(=O)(=O)c2cc(-c3ccc(C#N)cc3)ccc2OCCOC=O)cc1. The molecule has 0 spiro atoms. The van der Waals surface area contributed by atoms with Crippen LogP contribution in [0.25, 0.3) is 11.1 Å². The molecular formula is C23H19NO5S. The van der Waals surface area contributed by atoms with Gasteiger partial charge in [0.2, 0.25) is 9.84 Å². The van der Waals surface area contributed by atoms with Crippen molar-refractivity contribution in [2.24, 2.45) is 0 Å². The largest absolute Gasteiger partial charge is 0.489 e. The molecule has 0 unspecified atom stereocenters. The summed E-state index contributed by atoms with van der Waals surface area (Å²) in [5, 5.41) is 8.97. The maximum Gasteiger partial charge on any atom is 0.293 e. The van der Waals surface area contributed by atoms with E-state index in [1.165, 1.54) is 0 Å². The number of hydrogen-bond donors (Lipinski definition) is 0. The second kappa shape index (κ2) is 9.25. The number of carbonyl (C=O) groups excluding carboxylic acids is 1. The molecule has 0 saturated carbocycles. The van der Waals surface area contributed by atoms with Crippen molar-refractivity contribution in [1.82, 2.24) is 0 Å². The molecule has 0 atom stereocenters. The molecule has 7 heteroatoms. The monoisotopic (exact) mass is 421 g/mol. The topological polar surface area (TPSA) is 93.5 Å². The van der Waals surface area contributed by atoms with Crippen molar-refractivity contribution < 1.29 is 22.7 Å². The summed E-state index contributed by atoms with van der Waals surface area (Å²) in [6.07, 6.45) is 0. The van der Waals surface area contributed by atoms with Gasteiger partial charge in [-0.25, -0.2) is 8.42 Å². The zero-order chi connectivity index (χ0) is 21.6. The van der Waals surface area contributed by atoms with E-state index in [9.17, 15) is 13.2 Å². The predicted molar refractivity (Wildman–Crippen MR) is 111 cm³/mol. The van der Waals surface area contributed by atoms with E-state index in [-0.39, 0.29) is 28.8 Å². The summed E-state index contributed by atoms with van der Waals surface area (Å²) in [4.78, 5) is 10.5. The smallest absolute Gasteiger partial charge is 0.293 e. The summed E-state index contributed by atoms with van der Waals surface area (Å²) < 4.78 is 36.9. The van der Waals surface area contributed by atoms with Crippen molar-refractivity contribution in [2.45, 2.75) is 16.7 Å². The number of aryl methyl sites for hydroxylation is 1. The Kier molecular flexibility index (Phi) is 6.50. The lowest BCUT2D eigenvalue weighted by atomic mass is 10.0. The first-order chi connectivity index (χ1) is 14.5. The molecule has 0 amide bonds. The Morgan fingerprint density at radius 2 is 1.60 bits per heavy atom. The number of hydrogen-bond acceptors (Lipinski definition) is 6. The van der Waals surface area contributed by atoms with E-state index in [1.807, 2.05) is 6.92 Å². The first-order valence-corrected chi connectivity index (χ1v) is 10.6.